The molecule has 1 aliphatic heterocycles. The number of hydrogen-bond acceptors (Lipinski definition) is 4. The molecule has 2 atom stereocenters. The molecule has 0 saturated carbocycles. The summed E-state index contributed by atoms with van der Waals surface area (Å²) in [6.45, 7) is 5.23. The third kappa shape index (κ3) is 2.93. The second-order valence-electron chi connectivity index (χ2n) is 5.51. The Morgan fingerprint density at radius 3 is 2.80 bits per heavy atom. The zero-order valence-corrected chi connectivity index (χ0v) is 12.4. The van der Waals surface area contributed by atoms with Crippen LogP contribution in [0.4, 0.5) is 11.4 Å². The van der Waals surface area contributed by atoms with Crippen LogP contribution in [0, 0.1) is 10.1 Å². The van der Waals surface area contributed by atoms with E-state index in [1.165, 1.54) is 12.8 Å². The van der Waals surface area contributed by atoms with Gasteiger partial charge in [0.2, 0.25) is 0 Å². The number of benzene rings is 1. The van der Waals surface area contributed by atoms with E-state index < -0.39 is 0 Å². The van der Waals surface area contributed by atoms with Crippen molar-refractivity contribution in [2.75, 3.05) is 12.4 Å². The van der Waals surface area contributed by atoms with E-state index >= 15 is 0 Å². The van der Waals surface area contributed by atoms with Crippen molar-refractivity contribution in [2.45, 2.75) is 51.7 Å². The Hall–Kier alpha value is -1.62. The number of nitro groups is 1. The zero-order chi connectivity index (χ0) is 14.7. The largest absolute Gasteiger partial charge is 0.388 e. The Labute approximate surface area is 120 Å². The first kappa shape index (κ1) is 14.8. The summed E-state index contributed by atoms with van der Waals surface area (Å²) in [4.78, 5) is 13.1. The van der Waals surface area contributed by atoms with Gasteiger partial charge in [-0.3, -0.25) is 15.0 Å². The Morgan fingerprint density at radius 2 is 2.20 bits per heavy atom. The molecule has 0 aliphatic carbocycles. The van der Waals surface area contributed by atoms with Gasteiger partial charge in [0.25, 0.3) is 5.69 Å². The molecule has 0 spiro atoms. The Kier molecular flexibility index (Phi) is 4.60. The minimum Gasteiger partial charge on any atom is -0.388 e. The standard InChI is InChI=1S/C15H23N3O2/c1-4-13-6-5-11(2)17(13)10-12-9-14(18(19)20)7-8-15(12)16-3/h7-9,11,13,16H,4-6,10H2,1-3H3. The summed E-state index contributed by atoms with van der Waals surface area (Å²) in [5.41, 5.74) is 2.15. The van der Waals surface area contributed by atoms with Gasteiger partial charge in [-0.1, -0.05) is 6.92 Å². The fourth-order valence-corrected chi connectivity index (χ4v) is 3.11. The van der Waals surface area contributed by atoms with Crippen LogP contribution in [0.3, 0.4) is 0 Å². The maximum atomic E-state index is 10.9. The normalized spacial score (nSPS) is 22.9. The first-order valence-electron chi connectivity index (χ1n) is 7.27. The van der Waals surface area contributed by atoms with Gasteiger partial charge in [0.1, 0.15) is 0 Å². The van der Waals surface area contributed by atoms with Crippen LogP contribution < -0.4 is 5.32 Å². The Morgan fingerprint density at radius 1 is 1.45 bits per heavy atom. The van der Waals surface area contributed by atoms with Gasteiger partial charge in [-0.2, -0.15) is 0 Å². The van der Waals surface area contributed by atoms with E-state index in [2.05, 4.69) is 24.1 Å². The average molecular weight is 277 g/mol. The molecule has 0 bridgehead atoms. The molecule has 0 radical (unpaired) electrons. The van der Waals surface area contributed by atoms with Crippen molar-refractivity contribution in [1.82, 2.24) is 4.90 Å². The molecule has 1 N–H and O–H groups in total. The lowest BCUT2D eigenvalue weighted by Gasteiger charge is -2.28. The van der Waals surface area contributed by atoms with Crippen LogP contribution in [-0.4, -0.2) is 29.0 Å². The highest BCUT2D eigenvalue weighted by molar-refractivity contribution is 5.55. The summed E-state index contributed by atoms with van der Waals surface area (Å²) in [5.74, 6) is 0. The van der Waals surface area contributed by atoms with E-state index in [0.717, 1.165) is 24.2 Å². The second kappa shape index (κ2) is 6.22. The van der Waals surface area contributed by atoms with E-state index in [1.807, 2.05) is 7.05 Å². The van der Waals surface area contributed by atoms with Gasteiger partial charge in [-0.05, 0) is 37.8 Å². The molecule has 2 rings (SSSR count). The lowest BCUT2D eigenvalue weighted by atomic mass is 10.1. The quantitative estimate of drug-likeness (QED) is 0.662. The summed E-state index contributed by atoms with van der Waals surface area (Å²) in [7, 11) is 1.86. The molecule has 5 nitrogen and oxygen atoms in total. The highest BCUT2D eigenvalue weighted by Gasteiger charge is 2.29. The van der Waals surface area contributed by atoms with Gasteiger partial charge in [-0.15, -0.1) is 0 Å². The van der Waals surface area contributed by atoms with E-state index in [1.54, 1.807) is 18.2 Å². The summed E-state index contributed by atoms with van der Waals surface area (Å²) >= 11 is 0. The number of nitrogens with zero attached hydrogens (tertiary/aromatic N) is 2. The highest BCUT2D eigenvalue weighted by Crippen LogP contribution is 2.31. The maximum Gasteiger partial charge on any atom is 0.269 e. The number of rotatable bonds is 5. The molecular formula is C15H23N3O2. The summed E-state index contributed by atoms with van der Waals surface area (Å²) in [5, 5.41) is 14.1. The third-order valence-electron chi connectivity index (χ3n) is 4.35. The molecule has 1 aromatic carbocycles. The summed E-state index contributed by atoms with van der Waals surface area (Å²) in [6, 6.07) is 6.19. The number of likely N-dealkylation sites (tertiary alicyclic amines) is 1. The van der Waals surface area contributed by atoms with Crippen molar-refractivity contribution in [1.29, 1.82) is 0 Å². The van der Waals surface area contributed by atoms with Crippen LogP contribution >= 0.6 is 0 Å². The van der Waals surface area contributed by atoms with E-state index in [-0.39, 0.29) is 10.6 Å². The van der Waals surface area contributed by atoms with Gasteiger partial charge in [0, 0.05) is 43.5 Å². The molecule has 1 saturated heterocycles. The molecule has 110 valence electrons. The van der Waals surface area contributed by atoms with Gasteiger partial charge >= 0.3 is 0 Å². The van der Waals surface area contributed by atoms with Gasteiger partial charge in [0.05, 0.1) is 4.92 Å². The lowest BCUT2D eigenvalue weighted by molar-refractivity contribution is -0.384. The molecule has 1 heterocycles. The lowest BCUT2D eigenvalue weighted by Crippen LogP contribution is -2.33. The average Bonchev–Trinajstić information content (AvgIpc) is 2.79. The molecule has 5 heteroatoms. The monoisotopic (exact) mass is 277 g/mol. The van der Waals surface area contributed by atoms with Crippen LogP contribution in [0.25, 0.3) is 0 Å². The van der Waals surface area contributed by atoms with Crippen molar-refractivity contribution in [2.24, 2.45) is 0 Å². The maximum absolute atomic E-state index is 10.9. The van der Waals surface area contributed by atoms with Crippen molar-refractivity contribution < 1.29 is 4.92 Å². The minimum absolute atomic E-state index is 0.166. The third-order valence-corrected chi connectivity index (χ3v) is 4.35. The number of hydrogen-bond donors (Lipinski definition) is 1. The highest BCUT2D eigenvalue weighted by atomic mass is 16.6. The van der Waals surface area contributed by atoms with E-state index in [4.69, 9.17) is 0 Å². The fourth-order valence-electron chi connectivity index (χ4n) is 3.11. The van der Waals surface area contributed by atoms with Gasteiger partial charge in [-0.25, -0.2) is 0 Å². The molecule has 1 aliphatic rings. The van der Waals surface area contributed by atoms with Crippen LogP contribution in [0.1, 0.15) is 38.7 Å². The van der Waals surface area contributed by atoms with Crippen molar-refractivity contribution in [3.63, 3.8) is 0 Å². The molecule has 1 fully saturated rings. The number of nitro benzene ring substituents is 1. The predicted octanol–water partition coefficient (Wildman–Crippen LogP) is 3.40. The van der Waals surface area contributed by atoms with Gasteiger partial charge in [0.15, 0.2) is 0 Å². The molecule has 1 aromatic rings. The SMILES string of the molecule is CCC1CCC(C)N1Cc1cc([N+](=O)[O-])ccc1NC. The molecule has 2 unspecified atom stereocenters. The summed E-state index contributed by atoms with van der Waals surface area (Å²) in [6.07, 6.45) is 3.57. The van der Waals surface area contributed by atoms with Crippen LogP contribution in [0.2, 0.25) is 0 Å². The Bertz CT molecular complexity index is 490. The first-order chi connectivity index (χ1) is 9.56. The van der Waals surface area contributed by atoms with Crippen molar-refractivity contribution in [3.8, 4) is 0 Å². The van der Waals surface area contributed by atoms with Crippen LogP contribution in [0.15, 0.2) is 18.2 Å². The van der Waals surface area contributed by atoms with Crippen LogP contribution in [-0.2, 0) is 6.54 Å². The number of non-ortho nitro benzene ring substituents is 1. The zero-order valence-electron chi connectivity index (χ0n) is 12.4. The fraction of sp³-hybridized carbons (Fsp3) is 0.600. The molecule has 0 aromatic heterocycles. The molecular weight excluding hydrogens is 254 g/mol. The van der Waals surface area contributed by atoms with Crippen molar-refractivity contribution >= 4 is 11.4 Å². The molecule has 0 amide bonds. The van der Waals surface area contributed by atoms with E-state index in [9.17, 15) is 10.1 Å². The smallest absolute Gasteiger partial charge is 0.269 e. The van der Waals surface area contributed by atoms with Crippen molar-refractivity contribution in [3.05, 3.63) is 33.9 Å². The minimum atomic E-state index is -0.326. The predicted molar refractivity (Wildman–Crippen MR) is 81.0 cm³/mol. The van der Waals surface area contributed by atoms with Crippen LogP contribution in [0.5, 0.6) is 0 Å². The second-order valence-corrected chi connectivity index (χ2v) is 5.51. The number of anilines is 1. The summed E-state index contributed by atoms with van der Waals surface area (Å²) < 4.78 is 0. The number of nitrogens with one attached hydrogen (secondary N) is 1. The topological polar surface area (TPSA) is 58.4 Å². The molecule has 20 heavy (non-hydrogen) atoms. The van der Waals surface area contributed by atoms with E-state index in [0.29, 0.717) is 12.1 Å². The van der Waals surface area contributed by atoms with Gasteiger partial charge < -0.3 is 5.32 Å². The Balaban J connectivity index is 2.26. The first-order valence-corrected chi connectivity index (χ1v) is 7.27.